The van der Waals surface area contributed by atoms with E-state index < -0.39 is 53.2 Å². The van der Waals surface area contributed by atoms with E-state index in [1.807, 2.05) is 19.9 Å². The van der Waals surface area contributed by atoms with Crippen LogP contribution in [-0.2, 0) is 23.9 Å². The van der Waals surface area contributed by atoms with Gasteiger partial charge in [0.1, 0.15) is 6.10 Å². The van der Waals surface area contributed by atoms with Crippen molar-refractivity contribution >= 4 is 17.9 Å². The lowest BCUT2D eigenvalue weighted by molar-refractivity contribution is -0.172. The van der Waals surface area contributed by atoms with Gasteiger partial charge < -0.3 is 24.8 Å². The van der Waals surface area contributed by atoms with E-state index >= 15 is 0 Å². The smallest absolute Gasteiger partial charge is 0.339 e. The molecule has 2 heterocycles. The van der Waals surface area contributed by atoms with Crippen LogP contribution in [0.25, 0.3) is 0 Å². The average molecular weight is 392 g/mol. The molecular formula is C20H24O8. The van der Waals surface area contributed by atoms with Crippen molar-refractivity contribution in [2.75, 3.05) is 0 Å². The molecule has 0 amide bonds. The van der Waals surface area contributed by atoms with Gasteiger partial charge in [-0.3, -0.25) is 4.79 Å². The Balaban J connectivity index is 1.74. The van der Waals surface area contributed by atoms with Crippen LogP contribution in [0, 0.1) is 22.7 Å². The molecule has 0 radical (unpaired) electrons. The largest absolute Gasteiger partial charge is 0.481 e. The summed E-state index contributed by atoms with van der Waals surface area (Å²) in [6.45, 7) is 3.75. The Morgan fingerprint density at radius 3 is 2.61 bits per heavy atom. The molecule has 8 nitrogen and oxygen atoms in total. The van der Waals surface area contributed by atoms with Crippen LogP contribution in [0.5, 0.6) is 0 Å². The third-order valence-electron chi connectivity index (χ3n) is 7.36. The number of cyclic esters (lactones) is 1. The first-order valence-corrected chi connectivity index (χ1v) is 9.52. The van der Waals surface area contributed by atoms with E-state index in [1.54, 1.807) is 0 Å². The summed E-state index contributed by atoms with van der Waals surface area (Å²) in [5.41, 5.74) is -0.984. The maximum atomic E-state index is 12.4. The zero-order valence-electron chi connectivity index (χ0n) is 15.8. The summed E-state index contributed by atoms with van der Waals surface area (Å²) in [5.74, 6) is -3.28. The molecule has 0 aromatic carbocycles. The van der Waals surface area contributed by atoms with Gasteiger partial charge in [-0.15, -0.1) is 0 Å². The maximum absolute atomic E-state index is 12.4. The Morgan fingerprint density at radius 1 is 1.29 bits per heavy atom. The van der Waals surface area contributed by atoms with Gasteiger partial charge in [0.15, 0.2) is 0 Å². The number of rotatable bonds is 4. The van der Waals surface area contributed by atoms with Crippen LogP contribution >= 0.6 is 0 Å². The predicted molar refractivity (Wildman–Crippen MR) is 93.4 cm³/mol. The van der Waals surface area contributed by atoms with Gasteiger partial charge in [0, 0.05) is 11.0 Å². The van der Waals surface area contributed by atoms with E-state index in [4.69, 9.17) is 4.74 Å². The first-order valence-electron chi connectivity index (χ1n) is 9.52. The molecule has 2 aliphatic carbocycles. The second-order valence-electron chi connectivity index (χ2n) is 8.69. The monoisotopic (exact) mass is 392 g/mol. The van der Waals surface area contributed by atoms with Crippen molar-refractivity contribution in [1.29, 1.82) is 0 Å². The highest BCUT2D eigenvalue weighted by Crippen LogP contribution is 2.65. The standard InChI is InChI=1S/C20H24O8/c1-19(8-12(21)9-6-15(22)28-17(9)25)11(16(23)24)7-14-20(2)10(18(26)27-14)4-3-5-13(19)20/h4,6,11-15,21-22H,3,5,7-8H2,1-2H3,(H,23,24)/t11-,12?,13+,14-,15?,19-,20+/m1/s1. The summed E-state index contributed by atoms with van der Waals surface area (Å²) in [6, 6.07) is 0. The lowest BCUT2D eigenvalue weighted by atomic mass is 9.46. The number of carboxylic acid groups (broad SMARTS) is 1. The molecular weight excluding hydrogens is 368 g/mol. The molecule has 28 heavy (non-hydrogen) atoms. The lowest BCUT2D eigenvalue weighted by Crippen LogP contribution is -2.58. The van der Waals surface area contributed by atoms with Crippen molar-refractivity contribution in [3.05, 3.63) is 23.3 Å². The second kappa shape index (κ2) is 6.15. The van der Waals surface area contributed by atoms with Gasteiger partial charge in [-0.25, -0.2) is 9.59 Å². The Hall–Kier alpha value is -2.19. The van der Waals surface area contributed by atoms with Gasteiger partial charge in [-0.1, -0.05) is 19.9 Å². The summed E-state index contributed by atoms with van der Waals surface area (Å²) in [5, 5.41) is 30.2. The number of carbonyl (C=O) groups excluding carboxylic acids is 2. The molecule has 8 heteroatoms. The highest BCUT2D eigenvalue weighted by Gasteiger charge is 2.66. The second-order valence-corrected chi connectivity index (χ2v) is 8.69. The summed E-state index contributed by atoms with van der Waals surface area (Å²) in [6.07, 6.45) is 1.28. The normalized spacial score (nSPS) is 42.9. The van der Waals surface area contributed by atoms with Crippen LogP contribution in [0.4, 0.5) is 0 Å². The van der Waals surface area contributed by atoms with E-state index in [-0.39, 0.29) is 24.3 Å². The van der Waals surface area contributed by atoms with Gasteiger partial charge in [-0.2, -0.15) is 0 Å². The van der Waals surface area contributed by atoms with Crippen LogP contribution in [0.1, 0.15) is 39.5 Å². The Morgan fingerprint density at radius 2 is 2.00 bits per heavy atom. The number of hydrogen-bond donors (Lipinski definition) is 3. The fraction of sp³-hybridized carbons (Fsp3) is 0.650. The zero-order valence-corrected chi connectivity index (χ0v) is 15.8. The number of ether oxygens (including phenoxy) is 2. The fourth-order valence-electron chi connectivity index (χ4n) is 6.03. The van der Waals surface area contributed by atoms with Crippen molar-refractivity contribution < 1.29 is 39.2 Å². The first kappa shape index (κ1) is 19.1. The molecule has 2 aliphatic heterocycles. The molecule has 0 aromatic heterocycles. The maximum Gasteiger partial charge on any atom is 0.339 e. The molecule has 152 valence electrons. The number of aliphatic hydroxyl groups is 2. The van der Waals surface area contributed by atoms with Crippen LogP contribution in [0.15, 0.2) is 23.3 Å². The summed E-state index contributed by atoms with van der Waals surface area (Å²) < 4.78 is 10.2. The molecule has 4 rings (SSSR count). The number of aliphatic hydroxyl groups excluding tert-OH is 2. The number of carboxylic acids is 1. The molecule has 0 spiro atoms. The topological polar surface area (TPSA) is 130 Å². The SMILES string of the molecule is C[C@@]1(CC(O)C2=CC(O)OC2=O)[C@@H](C(=O)O)C[C@H]2OC(=O)C3=CCC[C@@H]1[C@]32C. The number of esters is 2. The molecule has 7 atom stereocenters. The molecule has 2 unspecified atom stereocenters. The first-order chi connectivity index (χ1) is 13.1. The average Bonchev–Trinajstić information content (AvgIpc) is 3.07. The van der Waals surface area contributed by atoms with E-state index in [0.717, 1.165) is 6.08 Å². The Kier molecular flexibility index (Phi) is 4.21. The van der Waals surface area contributed by atoms with Crippen LogP contribution in [0.3, 0.4) is 0 Å². The minimum Gasteiger partial charge on any atom is -0.481 e. The van der Waals surface area contributed by atoms with Crippen molar-refractivity contribution in [3.63, 3.8) is 0 Å². The minimum atomic E-state index is -1.40. The van der Waals surface area contributed by atoms with Crippen molar-refractivity contribution in [1.82, 2.24) is 0 Å². The number of allylic oxidation sites excluding steroid dienone is 1. The predicted octanol–water partition coefficient (Wildman–Crippen LogP) is 0.918. The van der Waals surface area contributed by atoms with Gasteiger partial charge in [-0.05, 0) is 43.1 Å². The molecule has 3 N–H and O–H groups in total. The minimum absolute atomic E-state index is 0.00602. The summed E-state index contributed by atoms with van der Waals surface area (Å²) in [4.78, 5) is 36.4. The van der Waals surface area contributed by atoms with Gasteiger partial charge in [0.2, 0.25) is 6.29 Å². The molecule has 0 aromatic rings. The van der Waals surface area contributed by atoms with E-state index in [0.29, 0.717) is 18.4 Å². The Bertz CT molecular complexity index is 813. The quantitative estimate of drug-likeness (QED) is 0.602. The van der Waals surface area contributed by atoms with Crippen molar-refractivity contribution in [2.24, 2.45) is 22.7 Å². The fourth-order valence-corrected chi connectivity index (χ4v) is 6.03. The van der Waals surface area contributed by atoms with Crippen molar-refractivity contribution in [3.8, 4) is 0 Å². The number of aliphatic carboxylic acids is 1. The summed E-state index contributed by atoms with van der Waals surface area (Å²) >= 11 is 0. The third kappa shape index (κ3) is 2.47. The highest BCUT2D eigenvalue weighted by atomic mass is 16.6. The van der Waals surface area contributed by atoms with Crippen LogP contribution < -0.4 is 0 Å². The molecule has 1 saturated carbocycles. The van der Waals surface area contributed by atoms with Gasteiger partial charge in [0.25, 0.3) is 0 Å². The number of carbonyl (C=O) groups is 3. The van der Waals surface area contributed by atoms with Crippen LogP contribution in [-0.4, -0.2) is 51.7 Å². The highest BCUT2D eigenvalue weighted by molar-refractivity contribution is 5.93. The van der Waals surface area contributed by atoms with Gasteiger partial charge in [0.05, 0.1) is 17.6 Å². The third-order valence-corrected chi connectivity index (χ3v) is 7.36. The molecule has 2 fully saturated rings. The lowest BCUT2D eigenvalue weighted by Gasteiger charge is -2.56. The molecule has 1 saturated heterocycles. The van der Waals surface area contributed by atoms with E-state index in [1.165, 1.54) is 0 Å². The summed E-state index contributed by atoms with van der Waals surface area (Å²) in [7, 11) is 0. The zero-order chi connectivity index (χ0) is 20.4. The van der Waals surface area contributed by atoms with E-state index in [2.05, 4.69) is 4.74 Å². The molecule has 0 bridgehead atoms. The Labute approximate surface area is 161 Å². The van der Waals surface area contributed by atoms with E-state index in [9.17, 15) is 29.7 Å². The van der Waals surface area contributed by atoms with Gasteiger partial charge >= 0.3 is 17.9 Å². The van der Waals surface area contributed by atoms with Crippen LogP contribution in [0.2, 0.25) is 0 Å². The molecule has 4 aliphatic rings. The van der Waals surface area contributed by atoms with Crippen molar-refractivity contribution in [2.45, 2.75) is 58.0 Å². The number of hydrogen-bond acceptors (Lipinski definition) is 7.